The number of rotatable bonds is 18. The van der Waals surface area contributed by atoms with Gasteiger partial charge in [-0.05, 0) is 174 Å². The van der Waals surface area contributed by atoms with Crippen molar-refractivity contribution in [3.63, 3.8) is 0 Å². The number of carboxylic acids is 2. The van der Waals surface area contributed by atoms with Crippen molar-refractivity contribution in [2.75, 3.05) is 127 Å². The van der Waals surface area contributed by atoms with E-state index in [-0.39, 0.29) is 63.1 Å². The Labute approximate surface area is 762 Å². The molecule has 9 aliphatic rings. The number of methoxy groups -OCH3 is 4. The highest BCUT2D eigenvalue weighted by Gasteiger charge is 2.52. The second-order valence-electron chi connectivity index (χ2n) is 34.9. The molecular formula is C95H105N15O22. The van der Waals surface area contributed by atoms with Crippen molar-refractivity contribution in [3.05, 3.63) is 194 Å². The third-order valence-corrected chi connectivity index (χ3v) is 23.4. The Bertz CT molecular complexity index is 5740. The second-order valence-corrected chi connectivity index (χ2v) is 34.9. The summed E-state index contributed by atoms with van der Waals surface area (Å²) in [5.74, 6) is 13.9. The molecule has 37 nitrogen and oxygen atoms in total. The molecular weight excluding hydrogens is 1700 g/mol. The predicted molar refractivity (Wildman–Crippen MR) is 474 cm³/mol. The summed E-state index contributed by atoms with van der Waals surface area (Å²) in [7, 11) is 5.87. The van der Waals surface area contributed by atoms with Gasteiger partial charge in [0.1, 0.15) is 46.6 Å². The number of hydrogen-bond acceptors (Lipinski definition) is 24. The van der Waals surface area contributed by atoms with Gasteiger partial charge in [0.15, 0.2) is 0 Å². The molecule has 0 spiro atoms. The molecule has 0 saturated carbocycles. The van der Waals surface area contributed by atoms with Crippen LogP contribution in [0.4, 0.5) is 24.0 Å². The zero-order chi connectivity index (χ0) is 94.7. The number of aliphatic carboxylic acids is 2. The topological polar surface area (TPSA) is 445 Å². The Morgan fingerprint density at radius 3 is 1.02 bits per heavy atom. The lowest BCUT2D eigenvalue weighted by atomic mass is 9.98. The van der Waals surface area contributed by atoms with Crippen molar-refractivity contribution in [2.45, 2.75) is 126 Å². The SMILES string of the molecule is COC(=O)C(c1ccc(C#C[C@]2(CN3Cc4ccc(OC)cc4C3=O)NC(=O)NC2=O)cc1)N1CCCN(C(=O)OC(C)(C)C)CC1.COc1ccc2c(c1)C(=O)N(C[C@@]1(C#Cc3ccc(C(C(=O)O)N4CCCN(C(=O)OC(C)(C)C)CC4)cc3)NC(=O)NC1=O)C2.COc1ccc2c(c1)C(=O)N(C[C@@]1(C#Cc3ccc(C(C(=O)O)N4CCCNCC4)cc3)NC(=O)NC1=O)C2. The minimum absolute atomic E-state index is 0.143. The Morgan fingerprint density at radius 2 is 0.712 bits per heavy atom. The van der Waals surface area contributed by atoms with Crippen molar-refractivity contribution in [3.8, 4) is 52.8 Å². The number of imide groups is 3. The van der Waals surface area contributed by atoms with E-state index in [1.165, 1.54) is 43.1 Å². The lowest BCUT2D eigenvalue weighted by molar-refractivity contribution is -0.147. The predicted octanol–water partition coefficient (Wildman–Crippen LogP) is 5.49. The van der Waals surface area contributed by atoms with Gasteiger partial charge in [-0.25, -0.2) is 28.8 Å². The van der Waals surface area contributed by atoms with Crippen molar-refractivity contribution in [1.82, 2.24) is 76.4 Å². The average molecular weight is 1810 g/mol. The highest BCUT2D eigenvalue weighted by Crippen LogP contribution is 2.35. The van der Waals surface area contributed by atoms with E-state index in [0.29, 0.717) is 146 Å². The zero-order valence-corrected chi connectivity index (χ0v) is 74.8. The van der Waals surface area contributed by atoms with Gasteiger partial charge in [0.25, 0.3) is 35.4 Å². The Kier molecular flexibility index (Phi) is 28.9. The van der Waals surface area contributed by atoms with Crippen LogP contribution in [0, 0.1) is 35.5 Å². The maximum Gasteiger partial charge on any atom is 0.410 e. The van der Waals surface area contributed by atoms with Gasteiger partial charge in [0.2, 0.25) is 16.6 Å². The highest BCUT2D eigenvalue weighted by molar-refractivity contribution is 6.12. The van der Waals surface area contributed by atoms with Crippen LogP contribution in [0.3, 0.4) is 0 Å². The maximum absolute atomic E-state index is 13.2. The summed E-state index contributed by atoms with van der Waals surface area (Å²) in [6.45, 7) is 17.5. The number of amides is 14. The van der Waals surface area contributed by atoms with E-state index in [2.05, 4.69) is 72.7 Å². The molecule has 9 aliphatic heterocycles. The normalized spacial score (nSPS) is 20.8. The van der Waals surface area contributed by atoms with Gasteiger partial charge in [-0.3, -0.25) is 69.0 Å². The maximum atomic E-state index is 13.2. The van der Waals surface area contributed by atoms with Gasteiger partial charge >= 0.3 is 48.2 Å². The number of nitrogens with one attached hydrogen (secondary N) is 7. The number of hydrogen-bond donors (Lipinski definition) is 9. The summed E-state index contributed by atoms with van der Waals surface area (Å²) in [5.41, 5.74) is 0.880. The zero-order valence-electron chi connectivity index (χ0n) is 74.8. The lowest BCUT2D eigenvalue weighted by Gasteiger charge is -2.29. The van der Waals surface area contributed by atoms with Crippen LogP contribution in [0.25, 0.3) is 0 Å². The molecule has 6 aromatic carbocycles. The molecule has 6 fully saturated rings. The smallest absolute Gasteiger partial charge is 0.410 e. The molecule has 0 aromatic heterocycles. The van der Waals surface area contributed by atoms with E-state index in [1.807, 2.05) is 35.5 Å². The van der Waals surface area contributed by atoms with Crippen molar-refractivity contribution < 1.29 is 106 Å². The van der Waals surface area contributed by atoms with Gasteiger partial charge in [-0.15, -0.1) is 0 Å². The molecule has 3 unspecified atom stereocenters. The first-order valence-electron chi connectivity index (χ1n) is 43.0. The summed E-state index contributed by atoms with van der Waals surface area (Å²) in [6, 6.07) is 31.4. The fraction of sp³-hybridized carbons (Fsp3) is 0.411. The number of carboxylic acid groups (broad SMARTS) is 2. The van der Waals surface area contributed by atoms with E-state index in [4.69, 9.17) is 28.4 Å². The number of urea groups is 3. The molecule has 9 heterocycles. The van der Waals surface area contributed by atoms with Gasteiger partial charge in [-0.1, -0.05) is 90.1 Å². The van der Waals surface area contributed by atoms with Gasteiger partial charge in [0, 0.05) is 125 Å². The number of ether oxygens (including phenoxy) is 6. The standard InChI is InChI=1S/C34H39N5O8.C33H37N5O8.C28H29N5O6/c1-33(2,3)47-32(44)38-16-6-15-37(17-18-38)27(29(41)46-5)23-9-7-22(8-10-23)13-14-34(30(42)35-31(43)36-34)21-39-20-24-11-12-25(45-4)19-26(24)28(39)40;1-32(2,3)46-31(44)37-15-5-14-36(16-17-37)26(28(40)41)22-8-6-21(7-9-22)12-13-33(29(42)34-30(43)35-33)20-38-19-23-10-11-24(45-4)18-25(23)27(38)39;1-39-21-8-7-20-16-33(24(34)22(20)15-21)17-28(26(37)30-27(38)31-28)10-9-18-3-5-19(6-4-18)23(25(35)36)32-13-2-11-29-12-14-32/h7-12,19,27H,6,15-18,20-21H2,1-5H3,(H2,35,36,42,43);6-11,18,26H,5,14-17,19-20H2,1-4H3,(H,40,41)(H2,34,35,42,43);3-8,15,23,29H,2,11-14,16-17H2,1H3,(H,35,36)(H2,30,31,37,38)/t27?,34-;26?,33-;23?,28-/m111/s1. The van der Waals surface area contributed by atoms with Crippen molar-refractivity contribution >= 4 is 83.6 Å². The molecule has 6 atom stereocenters. The van der Waals surface area contributed by atoms with Gasteiger partial charge in [-0.2, -0.15) is 0 Å². The first-order valence-corrected chi connectivity index (χ1v) is 43.0. The van der Waals surface area contributed by atoms with Crippen LogP contribution < -0.4 is 51.4 Å². The molecule has 0 bridgehead atoms. The van der Waals surface area contributed by atoms with Gasteiger partial charge < -0.3 is 84.4 Å². The number of carbonyl (C=O) groups is 14. The fourth-order valence-electron chi connectivity index (χ4n) is 16.8. The Morgan fingerprint density at radius 1 is 0.394 bits per heavy atom. The third-order valence-electron chi connectivity index (χ3n) is 23.4. The quantitative estimate of drug-likeness (QED) is 0.0222. The van der Waals surface area contributed by atoms with Crippen LogP contribution in [0.5, 0.6) is 17.2 Å². The molecule has 9 N–H and O–H groups in total. The molecule has 132 heavy (non-hydrogen) atoms. The Hall–Kier alpha value is -14.6. The van der Waals surface area contributed by atoms with E-state index in [0.717, 1.165) is 36.2 Å². The molecule has 37 heteroatoms. The molecule has 0 radical (unpaired) electrons. The summed E-state index contributed by atoms with van der Waals surface area (Å²) in [5, 5.41) is 37.8. The number of benzene rings is 6. The van der Waals surface area contributed by atoms with E-state index in [9.17, 15) is 77.3 Å². The molecule has 15 rings (SSSR count). The van der Waals surface area contributed by atoms with E-state index >= 15 is 0 Å². The van der Waals surface area contributed by atoms with Crippen LogP contribution in [-0.2, 0) is 62.6 Å². The third kappa shape index (κ3) is 22.1. The Balaban J connectivity index is 0.000000169. The largest absolute Gasteiger partial charge is 0.497 e. The molecule has 0 aliphatic carbocycles. The van der Waals surface area contributed by atoms with Crippen molar-refractivity contribution in [2.24, 2.45) is 0 Å². The van der Waals surface area contributed by atoms with E-state index in [1.54, 1.807) is 158 Å². The summed E-state index contributed by atoms with van der Waals surface area (Å²) >= 11 is 0. The number of carbonyl (C=O) groups excluding carboxylic acids is 12. The molecule has 6 saturated heterocycles. The van der Waals surface area contributed by atoms with Crippen molar-refractivity contribution in [1.29, 1.82) is 0 Å². The van der Waals surface area contributed by atoms with Crippen LogP contribution >= 0.6 is 0 Å². The van der Waals surface area contributed by atoms with Crippen LogP contribution in [0.2, 0.25) is 0 Å². The summed E-state index contributed by atoms with van der Waals surface area (Å²) in [6.07, 6.45) is 1.28. The summed E-state index contributed by atoms with van der Waals surface area (Å²) in [4.78, 5) is 191. The van der Waals surface area contributed by atoms with Crippen LogP contribution in [-0.4, -0.2) is 287 Å². The summed E-state index contributed by atoms with van der Waals surface area (Å²) < 4.78 is 31.9. The first-order chi connectivity index (χ1) is 62.9. The first kappa shape index (κ1) is 95.0. The van der Waals surface area contributed by atoms with Gasteiger partial charge in [0.05, 0.1) is 48.1 Å². The number of esters is 1. The molecule has 14 amide bonds. The van der Waals surface area contributed by atoms with E-state index < -0.39 is 106 Å². The minimum Gasteiger partial charge on any atom is -0.497 e. The molecule has 692 valence electrons. The number of nitrogens with zero attached hydrogens (tertiary/aromatic N) is 8. The number of fused-ring (bicyclic) bond motifs is 3. The molecule has 6 aromatic rings. The fourth-order valence-corrected chi connectivity index (χ4v) is 16.8. The van der Waals surface area contributed by atoms with Crippen LogP contribution in [0.15, 0.2) is 127 Å². The lowest BCUT2D eigenvalue weighted by Crippen LogP contribution is -2.54. The minimum atomic E-state index is -1.69. The van der Waals surface area contributed by atoms with Crippen LogP contribution in [0.1, 0.15) is 160 Å². The average Bonchev–Trinajstić information content (AvgIpc) is 1.62. The second kappa shape index (κ2) is 40.2. The highest BCUT2D eigenvalue weighted by atomic mass is 16.6. The monoisotopic (exact) mass is 1810 g/mol.